The van der Waals surface area contributed by atoms with E-state index in [-0.39, 0.29) is 11.9 Å². The summed E-state index contributed by atoms with van der Waals surface area (Å²) in [4.78, 5) is 25.6. The Labute approximate surface area is 173 Å². The summed E-state index contributed by atoms with van der Waals surface area (Å²) in [5.41, 5.74) is 7.94. The third-order valence-electron chi connectivity index (χ3n) is 5.35. The maximum absolute atomic E-state index is 13.4. The number of benzene rings is 1. The predicted octanol–water partition coefficient (Wildman–Crippen LogP) is 2.68. The van der Waals surface area contributed by atoms with Crippen LogP contribution >= 0.6 is 0 Å². The summed E-state index contributed by atoms with van der Waals surface area (Å²) in [7, 11) is 0. The van der Waals surface area contributed by atoms with Crippen LogP contribution in [0.3, 0.4) is 0 Å². The number of amides is 1. The van der Waals surface area contributed by atoms with Crippen LogP contribution in [-0.4, -0.2) is 34.1 Å². The molecule has 0 saturated carbocycles. The van der Waals surface area contributed by atoms with Gasteiger partial charge in [-0.05, 0) is 36.1 Å². The molecule has 1 aliphatic rings. The van der Waals surface area contributed by atoms with Crippen molar-refractivity contribution in [3.8, 4) is 17.2 Å². The van der Waals surface area contributed by atoms with Crippen molar-refractivity contribution in [3.05, 3.63) is 66.1 Å². The quantitative estimate of drug-likeness (QED) is 0.689. The van der Waals surface area contributed by atoms with E-state index in [1.54, 1.807) is 24.5 Å². The van der Waals surface area contributed by atoms with Crippen LogP contribution in [0, 0.1) is 11.3 Å². The molecule has 3 aromatic rings. The van der Waals surface area contributed by atoms with Gasteiger partial charge in [0.25, 0.3) is 0 Å². The summed E-state index contributed by atoms with van der Waals surface area (Å²) in [6.07, 6.45) is 5.96. The Bertz CT molecular complexity index is 1080. The highest BCUT2D eigenvalue weighted by Crippen LogP contribution is 2.37. The molecule has 0 bridgehead atoms. The maximum Gasteiger partial charge on any atom is 0.236 e. The molecule has 1 amide bonds. The second kappa shape index (κ2) is 8.27. The van der Waals surface area contributed by atoms with E-state index in [9.17, 15) is 4.79 Å². The van der Waals surface area contributed by atoms with E-state index in [1.165, 1.54) is 6.20 Å². The van der Waals surface area contributed by atoms with Crippen LogP contribution in [0.4, 0.5) is 11.8 Å². The number of nitriles is 1. The first kappa shape index (κ1) is 19.5. The van der Waals surface area contributed by atoms with Gasteiger partial charge in [-0.2, -0.15) is 5.26 Å². The van der Waals surface area contributed by atoms with E-state index in [1.807, 2.05) is 24.3 Å². The zero-order valence-corrected chi connectivity index (χ0v) is 16.2. The number of carbonyl (C=O) groups excluding carboxylic acids is 1. The van der Waals surface area contributed by atoms with Crippen molar-refractivity contribution in [2.24, 2.45) is 0 Å². The van der Waals surface area contributed by atoms with Crippen molar-refractivity contribution in [1.29, 1.82) is 5.26 Å². The zero-order valence-electron chi connectivity index (χ0n) is 16.2. The van der Waals surface area contributed by atoms with Gasteiger partial charge in [0, 0.05) is 37.4 Å². The molecular weight excluding hydrogens is 380 g/mol. The van der Waals surface area contributed by atoms with E-state index in [0.29, 0.717) is 37.4 Å². The largest absolute Gasteiger partial charge is 0.381 e. The highest BCUT2D eigenvalue weighted by Gasteiger charge is 2.42. The second-order valence-corrected chi connectivity index (χ2v) is 7.10. The van der Waals surface area contributed by atoms with Crippen molar-refractivity contribution in [2.45, 2.75) is 18.3 Å². The minimum atomic E-state index is -0.737. The average molecular weight is 400 g/mol. The average Bonchev–Trinajstić information content (AvgIpc) is 2.80. The number of hydrogen-bond donors (Lipinski definition) is 2. The maximum atomic E-state index is 13.4. The van der Waals surface area contributed by atoms with E-state index >= 15 is 0 Å². The molecule has 3 N–H and O–H groups in total. The number of ether oxygens (including phenoxy) is 1. The molecule has 0 aliphatic carbocycles. The normalized spacial score (nSPS) is 15.2. The predicted molar refractivity (Wildman–Crippen MR) is 111 cm³/mol. The van der Waals surface area contributed by atoms with Gasteiger partial charge in [-0.15, -0.1) is 0 Å². The molecule has 0 radical (unpaired) electrons. The smallest absolute Gasteiger partial charge is 0.236 e. The van der Waals surface area contributed by atoms with Crippen LogP contribution in [0.15, 0.2) is 55.0 Å². The first-order chi connectivity index (χ1) is 14.6. The number of nitrogens with one attached hydrogen (secondary N) is 1. The van der Waals surface area contributed by atoms with Gasteiger partial charge in [-0.3, -0.25) is 4.79 Å². The van der Waals surface area contributed by atoms with Gasteiger partial charge in [-0.1, -0.05) is 24.3 Å². The Morgan fingerprint density at radius 1 is 1.07 bits per heavy atom. The van der Waals surface area contributed by atoms with Crippen LogP contribution in [0.5, 0.6) is 0 Å². The number of anilines is 2. The summed E-state index contributed by atoms with van der Waals surface area (Å²) in [5, 5.41) is 12.0. The Morgan fingerprint density at radius 2 is 1.77 bits per heavy atom. The Kier molecular flexibility index (Phi) is 5.37. The standard InChI is InChI=1S/C22H20N6O2/c23-12-15-5-8-25-19(11-15)28-20(29)22(6-9-30-10-7-22)18-3-1-16(2-4-18)17-13-26-21(24)27-14-17/h1-5,8,11,13-14H,6-7,9-10H2,(H2,24,26,27)(H,25,28,29). The van der Waals surface area contributed by atoms with Gasteiger partial charge >= 0.3 is 0 Å². The van der Waals surface area contributed by atoms with E-state index in [0.717, 1.165) is 16.7 Å². The Hall–Kier alpha value is -3.83. The second-order valence-electron chi connectivity index (χ2n) is 7.10. The van der Waals surface area contributed by atoms with Crippen LogP contribution < -0.4 is 11.1 Å². The van der Waals surface area contributed by atoms with Gasteiger partial charge in [0.2, 0.25) is 11.9 Å². The summed E-state index contributed by atoms with van der Waals surface area (Å²) in [6.45, 7) is 0.985. The molecule has 0 unspecified atom stereocenters. The lowest BCUT2D eigenvalue weighted by atomic mass is 9.73. The van der Waals surface area contributed by atoms with Crippen LogP contribution in [0.25, 0.3) is 11.1 Å². The fraction of sp³-hybridized carbons (Fsp3) is 0.227. The number of hydrogen-bond acceptors (Lipinski definition) is 7. The van der Waals surface area contributed by atoms with Crippen LogP contribution in [-0.2, 0) is 14.9 Å². The lowest BCUT2D eigenvalue weighted by Gasteiger charge is -2.36. The van der Waals surface area contributed by atoms with Gasteiger partial charge in [0.05, 0.1) is 17.0 Å². The fourth-order valence-electron chi connectivity index (χ4n) is 3.64. The monoisotopic (exact) mass is 400 g/mol. The first-order valence-corrected chi connectivity index (χ1v) is 9.54. The molecule has 8 nitrogen and oxygen atoms in total. The Morgan fingerprint density at radius 3 is 2.43 bits per heavy atom. The Balaban J connectivity index is 1.63. The van der Waals surface area contributed by atoms with Gasteiger partial charge in [0.1, 0.15) is 5.82 Å². The summed E-state index contributed by atoms with van der Waals surface area (Å²) in [5.74, 6) is 0.430. The number of nitrogens with zero attached hydrogens (tertiary/aromatic N) is 4. The molecule has 1 aliphatic heterocycles. The molecule has 30 heavy (non-hydrogen) atoms. The molecule has 3 heterocycles. The summed E-state index contributed by atoms with van der Waals surface area (Å²) in [6, 6.07) is 13.0. The van der Waals surface area contributed by atoms with Crippen molar-refractivity contribution < 1.29 is 9.53 Å². The lowest BCUT2D eigenvalue weighted by molar-refractivity contribution is -0.125. The summed E-state index contributed by atoms with van der Waals surface area (Å²) >= 11 is 0. The fourth-order valence-corrected chi connectivity index (χ4v) is 3.64. The topological polar surface area (TPSA) is 127 Å². The minimum absolute atomic E-state index is 0.156. The van der Waals surface area contributed by atoms with Crippen LogP contribution in [0.1, 0.15) is 24.0 Å². The van der Waals surface area contributed by atoms with E-state index in [2.05, 4.69) is 26.3 Å². The first-order valence-electron chi connectivity index (χ1n) is 9.54. The molecule has 8 heteroatoms. The van der Waals surface area contributed by atoms with Gasteiger partial charge < -0.3 is 15.8 Å². The third kappa shape index (κ3) is 3.83. The lowest BCUT2D eigenvalue weighted by Crippen LogP contribution is -2.45. The van der Waals surface area contributed by atoms with Crippen molar-refractivity contribution in [3.63, 3.8) is 0 Å². The third-order valence-corrected chi connectivity index (χ3v) is 5.35. The number of pyridine rings is 1. The molecule has 1 saturated heterocycles. The van der Waals surface area contributed by atoms with Crippen LogP contribution in [0.2, 0.25) is 0 Å². The summed E-state index contributed by atoms with van der Waals surface area (Å²) < 4.78 is 5.52. The molecule has 0 spiro atoms. The molecule has 1 fully saturated rings. The van der Waals surface area contributed by atoms with Gasteiger partial charge in [-0.25, -0.2) is 15.0 Å². The number of nitrogen functional groups attached to an aromatic ring is 1. The van der Waals surface area contributed by atoms with Crippen molar-refractivity contribution in [2.75, 3.05) is 24.3 Å². The molecular formula is C22H20N6O2. The number of nitrogens with two attached hydrogens (primary N) is 1. The van der Waals surface area contributed by atoms with E-state index < -0.39 is 5.41 Å². The highest BCUT2D eigenvalue weighted by atomic mass is 16.5. The number of rotatable bonds is 4. The number of aromatic nitrogens is 3. The SMILES string of the molecule is N#Cc1ccnc(NC(=O)C2(c3ccc(-c4cnc(N)nc4)cc3)CCOCC2)c1. The minimum Gasteiger partial charge on any atom is -0.381 e. The molecule has 150 valence electrons. The zero-order chi connectivity index (χ0) is 21.0. The van der Waals surface area contributed by atoms with Crippen molar-refractivity contribution >= 4 is 17.7 Å². The molecule has 2 aromatic heterocycles. The van der Waals surface area contributed by atoms with E-state index in [4.69, 9.17) is 15.7 Å². The van der Waals surface area contributed by atoms with Crippen molar-refractivity contribution in [1.82, 2.24) is 15.0 Å². The van der Waals surface area contributed by atoms with Gasteiger partial charge in [0.15, 0.2) is 0 Å². The molecule has 1 aromatic carbocycles. The number of carbonyl (C=O) groups is 1. The molecule has 4 rings (SSSR count). The molecule has 0 atom stereocenters. The highest BCUT2D eigenvalue weighted by molar-refractivity contribution is 5.98.